The lowest BCUT2D eigenvalue weighted by Crippen LogP contribution is -2.39. The van der Waals surface area contributed by atoms with Crippen LogP contribution in [0.3, 0.4) is 0 Å². The van der Waals surface area contributed by atoms with Crippen molar-refractivity contribution >= 4 is 5.97 Å². The van der Waals surface area contributed by atoms with Gasteiger partial charge in [-0.2, -0.15) is 0 Å². The van der Waals surface area contributed by atoms with Gasteiger partial charge in [0.25, 0.3) is 0 Å². The van der Waals surface area contributed by atoms with Crippen LogP contribution in [0.5, 0.6) is 0 Å². The second-order valence-corrected chi connectivity index (χ2v) is 5.97. The summed E-state index contributed by atoms with van der Waals surface area (Å²) in [7, 11) is 0. The molecule has 2 fully saturated rings. The zero-order chi connectivity index (χ0) is 12.9. The van der Waals surface area contributed by atoms with Gasteiger partial charge in [0, 0.05) is 5.92 Å². The number of rotatable bonds is 1. The first kappa shape index (κ1) is 11.3. The Bertz CT molecular complexity index is 546. The van der Waals surface area contributed by atoms with Gasteiger partial charge in [-0.3, -0.25) is 4.79 Å². The molecule has 1 saturated heterocycles. The van der Waals surface area contributed by atoms with Crippen LogP contribution < -0.4 is 0 Å². The van der Waals surface area contributed by atoms with Gasteiger partial charge >= 0.3 is 5.97 Å². The average molecular weight is 254 g/mol. The van der Waals surface area contributed by atoms with E-state index in [0.717, 1.165) is 32.1 Å². The van der Waals surface area contributed by atoms with E-state index < -0.39 is 0 Å². The van der Waals surface area contributed by atoms with Crippen molar-refractivity contribution in [3.8, 4) is 0 Å². The summed E-state index contributed by atoms with van der Waals surface area (Å²) in [6, 6.07) is 10.4. The molecule has 0 radical (unpaired) electrons. The number of hydrogen-bond donors (Lipinski definition) is 0. The first-order chi connectivity index (χ1) is 9.31. The number of carbonyl (C=O) groups is 1. The number of benzene rings is 1. The van der Waals surface area contributed by atoms with E-state index in [0.29, 0.717) is 5.92 Å². The molecule has 1 aliphatic heterocycles. The molecule has 2 nitrogen and oxygen atoms in total. The lowest BCUT2D eigenvalue weighted by Gasteiger charge is -2.41. The topological polar surface area (TPSA) is 26.3 Å². The maximum atomic E-state index is 12.3. The number of esters is 1. The smallest absolute Gasteiger partial charge is 0.310 e. The predicted molar refractivity (Wildman–Crippen MR) is 72.4 cm³/mol. The molecular weight excluding hydrogens is 236 g/mol. The van der Waals surface area contributed by atoms with Gasteiger partial charge < -0.3 is 4.74 Å². The lowest BCUT2D eigenvalue weighted by molar-refractivity contribution is -0.153. The summed E-state index contributed by atoms with van der Waals surface area (Å²) in [6.07, 6.45) is 7.60. The summed E-state index contributed by atoms with van der Waals surface area (Å²) in [4.78, 5) is 12.3. The minimum absolute atomic E-state index is 0.0290. The summed E-state index contributed by atoms with van der Waals surface area (Å²) in [5.74, 6) is 0.423. The van der Waals surface area contributed by atoms with E-state index in [9.17, 15) is 4.79 Å². The SMILES string of the molecule is O=C1O[C@@]2(c3ccccc3)CCCC3=CCC[C@@H]1[C@H]32. The van der Waals surface area contributed by atoms with E-state index in [4.69, 9.17) is 4.74 Å². The number of ether oxygens (including phenoxy) is 1. The first-order valence-corrected chi connectivity index (χ1v) is 7.28. The van der Waals surface area contributed by atoms with Crippen molar-refractivity contribution in [3.63, 3.8) is 0 Å². The summed E-state index contributed by atoms with van der Waals surface area (Å²) in [5, 5.41) is 0. The molecule has 0 spiro atoms. The Hall–Kier alpha value is -1.57. The molecule has 2 aliphatic carbocycles. The van der Waals surface area contributed by atoms with Gasteiger partial charge in [0.1, 0.15) is 5.60 Å². The van der Waals surface area contributed by atoms with E-state index in [-0.39, 0.29) is 17.5 Å². The van der Waals surface area contributed by atoms with Crippen LogP contribution in [0, 0.1) is 11.8 Å². The fourth-order valence-electron chi connectivity index (χ4n) is 4.32. The Labute approximate surface area is 113 Å². The third-order valence-electron chi connectivity index (χ3n) is 5.05. The van der Waals surface area contributed by atoms with Crippen LogP contribution in [0.25, 0.3) is 0 Å². The Balaban J connectivity index is 1.88. The molecule has 4 rings (SSSR count). The molecule has 0 unspecified atom stereocenters. The fraction of sp³-hybridized carbons (Fsp3) is 0.471. The van der Waals surface area contributed by atoms with E-state index in [2.05, 4.69) is 18.2 Å². The first-order valence-electron chi connectivity index (χ1n) is 7.28. The quantitative estimate of drug-likeness (QED) is 0.565. The molecule has 0 bridgehead atoms. The van der Waals surface area contributed by atoms with Crippen molar-refractivity contribution in [3.05, 3.63) is 47.5 Å². The second kappa shape index (κ2) is 3.96. The van der Waals surface area contributed by atoms with Crippen LogP contribution in [0.1, 0.15) is 37.7 Å². The van der Waals surface area contributed by atoms with Gasteiger partial charge in [0.15, 0.2) is 0 Å². The highest BCUT2D eigenvalue weighted by Gasteiger charge is 2.59. The van der Waals surface area contributed by atoms with Crippen molar-refractivity contribution < 1.29 is 9.53 Å². The van der Waals surface area contributed by atoms with Gasteiger partial charge in [-0.05, 0) is 37.7 Å². The van der Waals surface area contributed by atoms with E-state index in [1.54, 1.807) is 0 Å². The van der Waals surface area contributed by atoms with Gasteiger partial charge in [-0.25, -0.2) is 0 Å². The summed E-state index contributed by atoms with van der Waals surface area (Å²) in [5.41, 5.74) is 2.29. The van der Waals surface area contributed by atoms with Gasteiger partial charge in [-0.1, -0.05) is 42.0 Å². The summed E-state index contributed by atoms with van der Waals surface area (Å²) < 4.78 is 5.97. The molecule has 3 aliphatic rings. The third kappa shape index (κ3) is 1.46. The molecule has 1 heterocycles. The summed E-state index contributed by atoms with van der Waals surface area (Å²) in [6.45, 7) is 0. The lowest BCUT2D eigenvalue weighted by atomic mass is 9.63. The molecule has 2 heteroatoms. The maximum Gasteiger partial charge on any atom is 0.310 e. The Morgan fingerprint density at radius 2 is 2.05 bits per heavy atom. The normalized spacial score (nSPS) is 36.4. The van der Waals surface area contributed by atoms with Crippen LogP contribution in [0.2, 0.25) is 0 Å². The highest BCUT2D eigenvalue weighted by atomic mass is 16.6. The van der Waals surface area contributed by atoms with Crippen LogP contribution >= 0.6 is 0 Å². The van der Waals surface area contributed by atoms with E-state index >= 15 is 0 Å². The minimum Gasteiger partial charge on any atom is -0.453 e. The molecule has 1 aromatic rings. The zero-order valence-electron chi connectivity index (χ0n) is 11.0. The van der Waals surface area contributed by atoms with Crippen LogP contribution in [-0.2, 0) is 15.1 Å². The molecule has 98 valence electrons. The van der Waals surface area contributed by atoms with E-state index in [1.165, 1.54) is 11.1 Å². The predicted octanol–water partition coefficient (Wildman–Crippen LogP) is 3.58. The van der Waals surface area contributed by atoms with Gasteiger partial charge in [-0.15, -0.1) is 0 Å². The minimum atomic E-state index is -0.368. The number of carbonyl (C=O) groups excluding carboxylic acids is 1. The third-order valence-corrected chi connectivity index (χ3v) is 5.05. The van der Waals surface area contributed by atoms with Crippen LogP contribution in [0.15, 0.2) is 42.0 Å². The molecule has 19 heavy (non-hydrogen) atoms. The number of hydrogen-bond acceptors (Lipinski definition) is 2. The Morgan fingerprint density at radius 3 is 2.89 bits per heavy atom. The van der Waals surface area contributed by atoms with Crippen LogP contribution in [0.4, 0.5) is 0 Å². The highest BCUT2D eigenvalue weighted by molar-refractivity contribution is 5.78. The monoisotopic (exact) mass is 254 g/mol. The Kier molecular flexibility index (Phi) is 2.35. The zero-order valence-corrected chi connectivity index (χ0v) is 11.0. The van der Waals surface area contributed by atoms with Crippen molar-refractivity contribution in [2.45, 2.75) is 37.7 Å². The molecule has 3 atom stereocenters. The highest BCUT2D eigenvalue weighted by Crippen LogP contribution is 2.57. The molecule has 0 aromatic heterocycles. The fourth-order valence-corrected chi connectivity index (χ4v) is 4.32. The molecule has 1 saturated carbocycles. The van der Waals surface area contributed by atoms with Gasteiger partial charge in [0.2, 0.25) is 0 Å². The van der Waals surface area contributed by atoms with E-state index in [1.807, 2.05) is 18.2 Å². The molecule has 0 N–H and O–H groups in total. The average Bonchev–Trinajstić information content (AvgIpc) is 2.77. The maximum absolute atomic E-state index is 12.3. The van der Waals surface area contributed by atoms with Crippen molar-refractivity contribution in [1.29, 1.82) is 0 Å². The molecule has 1 aromatic carbocycles. The summed E-state index contributed by atoms with van der Waals surface area (Å²) >= 11 is 0. The number of allylic oxidation sites excluding steroid dienone is 1. The van der Waals surface area contributed by atoms with Crippen molar-refractivity contribution in [2.75, 3.05) is 0 Å². The largest absolute Gasteiger partial charge is 0.453 e. The molecular formula is C17H18O2. The van der Waals surface area contributed by atoms with Crippen LogP contribution in [-0.4, -0.2) is 5.97 Å². The molecule has 0 amide bonds. The standard InChI is InChI=1S/C17H18O2/c18-16-14-10-4-6-12-7-5-11-17(19-16,15(12)14)13-8-2-1-3-9-13/h1-3,6,8-9,14-15H,4-5,7,10-11H2/t14-,15+,17-/m1/s1. The van der Waals surface area contributed by atoms with Crippen molar-refractivity contribution in [2.24, 2.45) is 11.8 Å². The van der Waals surface area contributed by atoms with Crippen molar-refractivity contribution in [1.82, 2.24) is 0 Å². The van der Waals surface area contributed by atoms with Gasteiger partial charge in [0.05, 0.1) is 5.92 Å². The second-order valence-electron chi connectivity index (χ2n) is 5.97. The Morgan fingerprint density at radius 1 is 1.21 bits per heavy atom.